The lowest BCUT2D eigenvalue weighted by Gasteiger charge is -2.40. The van der Waals surface area contributed by atoms with E-state index in [0.29, 0.717) is 11.6 Å². The number of hydrogen-bond acceptors (Lipinski definition) is 5. The first kappa shape index (κ1) is 19.9. The highest BCUT2D eigenvalue weighted by atomic mass is 35.5. The van der Waals surface area contributed by atoms with E-state index < -0.39 is 5.97 Å². The van der Waals surface area contributed by atoms with Crippen LogP contribution in [0.4, 0.5) is 5.69 Å². The number of carbonyl (C=O) groups is 1. The van der Waals surface area contributed by atoms with E-state index in [1.807, 2.05) is 47.4 Å². The fourth-order valence-electron chi connectivity index (χ4n) is 3.22. The van der Waals surface area contributed by atoms with Gasteiger partial charge in [-0.05, 0) is 49.4 Å². The third-order valence-corrected chi connectivity index (χ3v) is 5.96. The quantitative estimate of drug-likeness (QED) is 0.779. The average molecular weight is 407 g/mol. The van der Waals surface area contributed by atoms with Crippen LogP contribution in [-0.2, 0) is 4.79 Å². The summed E-state index contributed by atoms with van der Waals surface area (Å²) in [4.78, 5) is 17.6. The Morgan fingerprint density at radius 3 is 2.63 bits per heavy atom. The second-order valence-electron chi connectivity index (χ2n) is 6.55. The number of nitrogens with zero attached hydrogens (tertiary/aromatic N) is 2. The van der Waals surface area contributed by atoms with Crippen LogP contribution >= 0.6 is 23.4 Å². The first-order chi connectivity index (χ1) is 13.0. The summed E-state index contributed by atoms with van der Waals surface area (Å²) >= 11 is 7.96. The molecule has 1 fully saturated rings. The monoisotopic (exact) mass is 406 g/mol. The number of methoxy groups -OCH3 is 1. The molecule has 1 aliphatic rings. The molecule has 1 aliphatic heterocycles. The summed E-state index contributed by atoms with van der Waals surface area (Å²) in [5.41, 5.74) is 1.09. The van der Waals surface area contributed by atoms with Crippen molar-refractivity contribution in [2.45, 2.75) is 22.8 Å². The second-order valence-corrected chi connectivity index (χ2v) is 8.10. The van der Waals surface area contributed by atoms with Gasteiger partial charge < -0.3 is 14.7 Å². The van der Waals surface area contributed by atoms with E-state index in [4.69, 9.17) is 21.4 Å². The van der Waals surface area contributed by atoms with E-state index in [0.717, 1.165) is 34.3 Å². The number of halogens is 1. The number of hydrogen-bond donors (Lipinski definition) is 1. The van der Waals surface area contributed by atoms with Crippen molar-refractivity contribution in [2.75, 3.05) is 38.2 Å². The van der Waals surface area contributed by atoms with Crippen LogP contribution in [0.25, 0.3) is 0 Å². The van der Waals surface area contributed by atoms with E-state index in [2.05, 4.69) is 11.8 Å². The summed E-state index contributed by atoms with van der Waals surface area (Å²) in [5.74, 6) is 0.0489. The number of piperazine rings is 1. The van der Waals surface area contributed by atoms with Crippen molar-refractivity contribution in [3.05, 3.63) is 47.5 Å². The van der Waals surface area contributed by atoms with Gasteiger partial charge in [-0.1, -0.05) is 23.4 Å². The molecule has 0 amide bonds. The number of carboxylic acids is 1. The van der Waals surface area contributed by atoms with Crippen LogP contribution in [0, 0.1) is 0 Å². The smallest absolute Gasteiger partial charge is 0.317 e. The summed E-state index contributed by atoms with van der Waals surface area (Å²) in [5, 5.41) is 9.76. The van der Waals surface area contributed by atoms with Gasteiger partial charge in [0.1, 0.15) is 5.75 Å². The van der Waals surface area contributed by atoms with Gasteiger partial charge in [-0.15, -0.1) is 0 Å². The lowest BCUT2D eigenvalue weighted by Crippen LogP contribution is -2.53. The molecule has 5 nitrogen and oxygen atoms in total. The highest BCUT2D eigenvalue weighted by molar-refractivity contribution is 7.99. The molecule has 0 aliphatic carbocycles. The summed E-state index contributed by atoms with van der Waals surface area (Å²) in [6.07, 6.45) is 0. The topological polar surface area (TPSA) is 53.0 Å². The highest BCUT2D eigenvalue weighted by Gasteiger charge is 2.26. The zero-order valence-electron chi connectivity index (χ0n) is 15.4. The van der Waals surface area contributed by atoms with Gasteiger partial charge in [0.2, 0.25) is 0 Å². The van der Waals surface area contributed by atoms with Crippen molar-refractivity contribution in [3.63, 3.8) is 0 Å². The van der Waals surface area contributed by atoms with Crippen molar-refractivity contribution in [1.82, 2.24) is 4.90 Å². The minimum Gasteiger partial charge on any atom is -0.497 e. The molecule has 1 saturated heterocycles. The molecule has 0 unspecified atom stereocenters. The molecule has 7 heteroatoms. The Hall–Kier alpha value is -1.89. The molecule has 1 heterocycles. The average Bonchev–Trinajstić information content (AvgIpc) is 2.65. The molecule has 3 rings (SSSR count). The summed E-state index contributed by atoms with van der Waals surface area (Å²) < 4.78 is 5.22. The Bertz CT molecular complexity index is 800. The van der Waals surface area contributed by atoms with E-state index in [9.17, 15) is 4.79 Å². The van der Waals surface area contributed by atoms with Gasteiger partial charge in [0, 0.05) is 40.5 Å². The fraction of sp³-hybridized carbons (Fsp3) is 0.350. The molecule has 2 aromatic rings. The lowest BCUT2D eigenvalue weighted by atomic mass is 10.1. The van der Waals surface area contributed by atoms with Crippen LogP contribution < -0.4 is 9.64 Å². The zero-order valence-corrected chi connectivity index (χ0v) is 17.0. The van der Waals surface area contributed by atoms with Gasteiger partial charge in [-0.2, -0.15) is 0 Å². The van der Waals surface area contributed by atoms with Crippen molar-refractivity contribution in [2.24, 2.45) is 0 Å². The molecule has 0 aromatic heterocycles. The van der Waals surface area contributed by atoms with E-state index in [-0.39, 0.29) is 12.6 Å². The largest absolute Gasteiger partial charge is 0.497 e. The Morgan fingerprint density at radius 2 is 2.00 bits per heavy atom. The Kier molecular flexibility index (Phi) is 6.52. The van der Waals surface area contributed by atoms with Crippen LogP contribution in [0.1, 0.15) is 6.92 Å². The van der Waals surface area contributed by atoms with Gasteiger partial charge in [-0.25, -0.2) is 0 Å². The maximum absolute atomic E-state index is 11.0. The number of carboxylic acid groups (broad SMARTS) is 1. The molecule has 1 atom stereocenters. The molecule has 2 aromatic carbocycles. The second kappa shape index (κ2) is 8.87. The molecular formula is C20H23ClN2O3S. The van der Waals surface area contributed by atoms with Crippen LogP contribution in [0.3, 0.4) is 0 Å². The SMILES string of the molecule is COc1ccc(Sc2ccc(Cl)cc2N2CCN(CC(=O)O)[C@@H](C)C2)cc1. The van der Waals surface area contributed by atoms with E-state index >= 15 is 0 Å². The van der Waals surface area contributed by atoms with Gasteiger partial charge in [0.05, 0.1) is 19.3 Å². The molecule has 0 saturated carbocycles. The third kappa shape index (κ3) is 5.09. The standard InChI is InChI=1S/C20H23ClN2O3S/c1-14-12-23(10-9-22(14)13-20(24)25)18-11-15(21)3-8-19(18)27-17-6-4-16(26-2)5-7-17/h3-8,11,14H,9-10,12-13H2,1-2H3,(H,24,25)/t14-/m0/s1. The van der Waals surface area contributed by atoms with Crippen LogP contribution in [0.15, 0.2) is 52.3 Å². The summed E-state index contributed by atoms with van der Waals surface area (Å²) in [7, 11) is 1.66. The number of rotatable bonds is 6. The molecule has 0 bridgehead atoms. The minimum atomic E-state index is -0.784. The van der Waals surface area contributed by atoms with Gasteiger partial charge in [0.25, 0.3) is 0 Å². The summed E-state index contributed by atoms with van der Waals surface area (Å²) in [6.45, 7) is 4.40. The van der Waals surface area contributed by atoms with Crippen molar-refractivity contribution in [1.29, 1.82) is 0 Å². The van der Waals surface area contributed by atoms with E-state index in [1.165, 1.54) is 0 Å². The maximum atomic E-state index is 11.0. The first-order valence-corrected chi connectivity index (χ1v) is 9.98. The first-order valence-electron chi connectivity index (χ1n) is 8.78. The van der Waals surface area contributed by atoms with Crippen LogP contribution in [0.5, 0.6) is 5.75 Å². The maximum Gasteiger partial charge on any atom is 0.317 e. The van der Waals surface area contributed by atoms with Gasteiger partial charge in [0.15, 0.2) is 0 Å². The van der Waals surface area contributed by atoms with E-state index in [1.54, 1.807) is 18.9 Å². The molecular weight excluding hydrogens is 384 g/mol. The Morgan fingerprint density at radius 1 is 1.26 bits per heavy atom. The Balaban J connectivity index is 1.79. The predicted molar refractivity (Wildman–Crippen MR) is 109 cm³/mol. The van der Waals surface area contributed by atoms with Crippen LogP contribution in [-0.4, -0.2) is 55.3 Å². The Labute approximate surface area is 168 Å². The number of benzene rings is 2. The van der Waals surface area contributed by atoms with Gasteiger partial charge in [-0.3, -0.25) is 9.69 Å². The normalized spacial score (nSPS) is 17.7. The lowest BCUT2D eigenvalue weighted by molar-refractivity contribution is -0.138. The number of ether oxygens (including phenoxy) is 1. The molecule has 1 N–H and O–H groups in total. The third-order valence-electron chi connectivity index (χ3n) is 4.65. The minimum absolute atomic E-state index is 0.0814. The van der Waals surface area contributed by atoms with Gasteiger partial charge >= 0.3 is 5.97 Å². The van der Waals surface area contributed by atoms with Crippen molar-refractivity contribution in [3.8, 4) is 5.75 Å². The molecule has 144 valence electrons. The molecule has 27 heavy (non-hydrogen) atoms. The van der Waals surface area contributed by atoms with Crippen molar-refractivity contribution >= 4 is 35.0 Å². The van der Waals surface area contributed by atoms with Crippen molar-refractivity contribution < 1.29 is 14.6 Å². The molecule has 0 spiro atoms. The molecule has 0 radical (unpaired) electrons. The highest BCUT2D eigenvalue weighted by Crippen LogP contribution is 2.38. The predicted octanol–water partition coefficient (Wildman–Crippen LogP) is 4.09. The van der Waals surface area contributed by atoms with Crippen LogP contribution in [0.2, 0.25) is 5.02 Å². The fourth-order valence-corrected chi connectivity index (χ4v) is 4.34. The summed E-state index contributed by atoms with van der Waals surface area (Å²) in [6, 6.07) is 14.1. The number of anilines is 1. The number of aliphatic carboxylic acids is 1. The zero-order chi connectivity index (χ0) is 19.4.